The smallest absolute Gasteiger partial charge is 0.240 e. The third-order valence-corrected chi connectivity index (χ3v) is 5.49. The molecule has 1 rings (SSSR count). The molecule has 0 fully saturated rings. The van der Waals surface area contributed by atoms with Crippen LogP contribution in [0, 0.1) is 0 Å². The summed E-state index contributed by atoms with van der Waals surface area (Å²) in [6.45, 7) is 4.07. The van der Waals surface area contributed by atoms with Gasteiger partial charge in [0.1, 0.15) is 5.75 Å². The molecule has 1 N–H and O–H groups in total. The lowest BCUT2D eigenvalue weighted by Crippen LogP contribution is -2.32. The molecular weight excluding hydrogens is 354 g/mol. The third kappa shape index (κ3) is 5.96. The Labute approximate surface area is 136 Å². The van der Waals surface area contributed by atoms with E-state index in [9.17, 15) is 8.42 Å². The molecule has 0 aliphatic rings. The van der Waals surface area contributed by atoms with Gasteiger partial charge in [0.2, 0.25) is 10.0 Å². The molecule has 120 valence electrons. The van der Waals surface area contributed by atoms with Gasteiger partial charge in [-0.15, -0.1) is 0 Å². The number of benzene rings is 1. The van der Waals surface area contributed by atoms with Crippen LogP contribution >= 0.6 is 15.9 Å². The van der Waals surface area contributed by atoms with Crippen molar-refractivity contribution in [3.8, 4) is 5.75 Å². The molecule has 0 heterocycles. The summed E-state index contributed by atoms with van der Waals surface area (Å²) in [4.78, 5) is 0.246. The maximum atomic E-state index is 12.3. The molecule has 0 amide bonds. The number of halogens is 1. The first kappa shape index (κ1) is 18.5. The highest BCUT2D eigenvalue weighted by Gasteiger charge is 2.18. The second-order valence-electron chi connectivity index (χ2n) is 5.17. The second-order valence-corrected chi connectivity index (χ2v) is 7.74. The summed E-state index contributed by atoms with van der Waals surface area (Å²) < 4.78 is 33.1. The lowest BCUT2D eigenvalue weighted by Gasteiger charge is -2.15. The van der Waals surface area contributed by atoms with E-state index in [4.69, 9.17) is 4.74 Å². The Morgan fingerprint density at radius 3 is 2.57 bits per heavy atom. The molecule has 0 aliphatic heterocycles. The van der Waals surface area contributed by atoms with E-state index < -0.39 is 10.0 Å². The molecule has 1 aromatic carbocycles. The average Bonchev–Trinajstić information content (AvgIpc) is 2.43. The Bertz CT molecular complexity index is 546. The second kappa shape index (κ2) is 8.76. The number of ether oxygens (including phenoxy) is 1. The van der Waals surface area contributed by atoms with Gasteiger partial charge in [0.15, 0.2) is 0 Å². The molecule has 4 nitrogen and oxygen atoms in total. The molecule has 0 spiro atoms. The van der Waals surface area contributed by atoms with Crippen LogP contribution in [0.2, 0.25) is 0 Å². The molecule has 1 aromatic rings. The van der Waals surface area contributed by atoms with Crippen molar-refractivity contribution in [1.29, 1.82) is 0 Å². The molecule has 0 aliphatic carbocycles. The van der Waals surface area contributed by atoms with Crippen LogP contribution in [0.25, 0.3) is 0 Å². The third-order valence-electron chi connectivity index (χ3n) is 3.28. The molecule has 0 radical (unpaired) electrons. The fourth-order valence-electron chi connectivity index (χ4n) is 2.08. The minimum absolute atomic E-state index is 0.0623. The van der Waals surface area contributed by atoms with Crippen LogP contribution < -0.4 is 9.46 Å². The van der Waals surface area contributed by atoms with Gasteiger partial charge in [0.05, 0.1) is 16.5 Å². The molecule has 0 aromatic heterocycles. The Balaban J connectivity index is 2.66. The fourth-order valence-corrected chi connectivity index (χ4v) is 4.08. The van der Waals surface area contributed by atoms with Crippen molar-refractivity contribution in [2.45, 2.75) is 56.9 Å². The number of hydrogen-bond acceptors (Lipinski definition) is 3. The number of methoxy groups -OCH3 is 1. The van der Waals surface area contributed by atoms with E-state index in [1.807, 2.05) is 6.92 Å². The van der Waals surface area contributed by atoms with Gasteiger partial charge in [0, 0.05) is 6.04 Å². The highest BCUT2D eigenvalue weighted by Crippen LogP contribution is 2.27. The maximum absolute atomic E-state index is 12.3. The fraction of sp³-hybridized carbons (Fsp3) is 0.600. The average molecular weight is 378 g/mol. The monoisotopic (exact) mass is 377 g/mol. The van der Waals surface area contributed by atoms with Crippen LogP contribution in [0.15, 0.2) is 27.6 Å². The van der Waals surface area contributed by atoms with Gasteiger partial charge < -0.3 is 4.74 Å². The van der Waals surface area contributed by atoms with Crippen LogP contribution in [0.5, 0.6) is 5.75 Å². The van der Waals surface area contributed by atoms with Gasteiger partial charge in [-0.05, 0) is 47.5 Å². The minimum Gasteiger partial charge on any atom is -0.496 e. The number of sulfonamides is 1. The van der Waals surface area contributed by atoms with Gasteiger partial charge in [0.25, 0.3) is 0 Å². The molecule has 0 saturated heterocycles. The summed E-state index contributed by atoms with van der Waals surface area (Å²) in [6, 6.07) is 4.69. The maximum Gasteiger partial charge on any atom is 0.240 e. The van der Waals surface area contributed by atoms with Crippen LogP contribution in [0.4, 0.5) is 0 Å². The Morgan fingerprint density at radius 1 is 1.29 bits per heavy atom. The van der Waals surface area contributed by atoms with Crippen LogP contribution in [-0.4, -0.2) is 21.6 Å². The molecule has 1 atom stereocenters. The lowest BCUT2D eigenvalue weighted by molar-refractivity contribution is 0.411. The van der Waals surface area contributed by atoms with E-state index >= 15 is 0 Å². The van der Waals surface area contributed by atoms with E-state index in [1.54, 1.807) is 25.3 Å². The summed E-state index contributed by atoms with van der Waals surface area (Å²) in [5.41, 5.74) is 0. The van der Waals surface area contributed by atoms with Crippen molar-refractivity contribution in [3.63, 3.8) is 0 Å². The van der Waals surface area contributed by atoms with Crippen LogP contribution in [0.3, 0.4) is 0 Å². The first-order valence-electron chi connectivity index (χ1n) is 7.26. The molecule has 0 bridgehead atoms. The molecule has 1 unspecified atom stereocenters. The molecular formula is C15H24BrNO3S. The first-order chi connectivity index (χ1) is 9.90. The van der Waals surface area contributed by atoms with Crippen LogP contribution in [-0.2, 0) is 10.0 Å². The molecule has 0 saturated carbocycles. The standard InChI is InChI=1S/C15H24BrNO3S/c1-4-5-6-7-8-12(2)17-21(18,19)13-9-10-15(20-3)14(16)11-13/h9-12,17H,4-8H2,1-3H3. The predicted molar refractivity (Wildman–Crippen MR) is 89.2 cm³/mol. The predicted octanol–water partition coefficient (Wildman–Crippen LogP) is 4.09. The largest absolute Gasteiger partial charge is 0.496 e. The highest BCUT2D eigenvalue weighted by molar-refractivity contribution is 9.10. The Hall–Kier alpha value is -0.590. The lowest BCUT2D eigenvalue weighted by atomic mass is 10.1. The minimum atomic E-state index is -3.49. The Kier molecular flexibility index (Phi) is 7.70. The summed E-state index contributed by atoms with van der Waals surface area (Å²) in [5.74, 6) is 0.613. The normalized spacial score (nSPS) is 13.1. The van der Waals surface area contributed by atoms with Gasteiger partial charge >= 0.3 is 0 Å². The van der Waals surface area contributed by atoms with Crippen molar-refractivity contribution in [1.82, 2.24) is 4.72 Å². The number of unbranched alkanes of at least 4 members (excludes halogenated alkanes) is 3. The van der Waals surface area contributed by atoms with Crippen molar-refractivity contribution >= 4 is 26.0 Å². The zero-order valence-electron chi connectivity index (χ0n) is 12.9. The SMILES string of the molecule is CCCCCCC(C)NS(=O)(=O)c1ccc(OC)c(Br)c1. The van der Waals surface area contributed by atoms with E-state index in [1.165, 1.54) is 12.8 Å². The van der Waals surface area contributed by atoms with E-state index in [2.05, 4.69) is 27.6 Å². The Morgan fingerprint density at radius 2 is 2.00 bits per heavy atom. The molecule has 21 heavy (non-hydrogen) atoms. The summed E-state index contributed by atoms with van der Waals surface area (Å²) in [5, 5.41) is 0. The number of nitrogens with one attached hydrogen (secondary N) is 1. The van der Waals surface area contributed by atoms with Gasteiger partial charge in [-0.1, -0.05) is 32.6 Å². The van der Waals surface area contributed by atoms with Crippen molar-refractivity contribution in [3.05, 3.63) is 22.7 Å². The topological polar surface area (TPSA) is 55.4 Å². The summed E-state index contributed by atoms with van der Waals surface area (Å²) in [6.07, 6.45) is 5.43. The number of hydrogen-bond donors (Lipinski definition) is 1. The van der Waals surface area contributed by atoms with Crippen molar-refractivity contribution in [2.75, 3.05) is 7.11 Å². The quantitative estimate of drug-likeness (QED) is 0.659. The van der Waals surface area contributed by atoms with Crippen LogP contribution in [0.1, 0.15) is 46.0 Å². The van der Waals surface area contributed by atoms with Gasteiger partial charge in [-0.3, -0.25) is 0 Å². The zero-order valence-corrected chi connectivity index (χ0v) is 15.3. The summed E-state index contributed by atoms with van der Waals surface area (Å²) >= 11 is 3.31. The zero-order chi connectivity index (χ0) is 15.9. The molecule has 6 heteroatoms. The summed E-state index contributed by atoms with van der Waals surface area (Å²) in [7, 11) is -1.94. The van der Waals surface area contributed by atoms with E-state index in [-0.39, 0.29) is 10.9 Å². The van der Waals surface area contributed by atoms with Crippen molar-refractivity contribution in [2.24, 2.45) is 0 Å². The van der Waals surface area contributed by atoms with Gasteiger partial charge in [-0.2, -0.15) is 0 Å². The number of rotatable bonds is 9. The van der Waals surface area contributed by atoms with Crippen molar-refractivity contribution < 1.29 is 13.2 Å². The van der Waals surface area contributed by atoms with E-state index in [0.29, 0.717) is 10.2 Å². The van der Waals surface area contributed by atoms with Gasteiger partial charge in [-0.25, -0.2) is 13.1 Å². The highest BCUT2D eigenvalue weighted by atomic mass is 79.9. The van der Waals surface area contributed by atoms with E-state index in [0.717, 1.165) is 19.3 Å². The first-order valence-corrected chi connectivity index (χ1v) is 9.54.